The van der Waals surface area contributed by atoms with Gasteiger partial charge >= 0.3 is 32.5 Å². The van der Waals surface area contributed by atoms with E-state index < -0.39 is 43.6 Å². The number of halogens is 3. The smallest absolute Gasteiger partial charge is 0.488 e. The molecule has 8 rings (SSSR count). The molecule has 8 aromatic rings. The highest BCUT2D eigenvalue weighted by molar-refractivity contribution is 7.81. The van der Waals surface area contributed by atoms with Crippen LogP contribution in [0.1, 0.15) is 52.7 Å². The zero-order valence-corrected chi connectivity index (χ0v) is 41.0. The Kier molecular flexibility index (Phi) is 14.9. The lowest BCUT2D eigenvalue weighted by molar-refractivity contribution is 0.399. The van der Waals surface area contributed by atoms with E-state index in [0.29, 0.717) is 28.1 Å². The number of H-pyrrole nitrogens is 2. The molecule has 0 amide bonds. The van der Waals surface area contributed by atoms with Crippen LogP contribution in [-0.2, 0) is 31.9 Å². The highest BCUT2D eigenvalue weighted by Crippen LogP contribution is 2.43. The van der Waals surface area contributed by atoms with Crippen molar-refractivity contribution >= 4 is 42.7 Å². The molecule has 2 aromatic heterocycles. The molecule has 0 aliphatic heterocycles. The number of ether oxygens (including phenoxy) is 2. The first-order valence-corrected chi connectivity index (χ1v) is 23.8. The van der Waals surface area contributed by atoms with Gasteiger partial charge in [0.1, 0.15) is 23.0 Å². The van der Waals surface area contributed by atoms with Crippen LogP contribution in [0.2, 0.25) is 0 Å². The Labute approximate surface area is 405 Å². The second kappa shape index (κ2) is 20.2. The third-order valence-corrected chi connectivity index (χ3v) is 11.2. The number of phenols is 1. The fraction of sp³-hybridized carbons (Fsp3) is 0.200. The number of aromatic nitrogens is 4. The van der Waals surface area contributed by atoms with Gasteiger partial charge in [-0.15, -0.1) is 0 Å². The predicted molar refractivity (Wildman–Crippen MR) is 265 cm³/mol. The second-order valence-electron chi connectivity index (χ2n) is 17.9. The van der Waals surface area contributed by atoms with Crippen molar-refractivity contribution in [1.82, 2.24) is 19.1 Å². The van der Waals surface area contributed by atoms with Crippen molar-refractivity contribution in [2.75, 3.05) is 14.2 Å². The Morgan fingerprint density at radius 2 is 0.901 bits per heavy atom. The molecule has 71 heavy (non-hydrogen) atoms. The maximum Gasteiger partial charge on any atom is 0.488 e. The number of aromatic amines is 2. The van der Waals surface area contributed by atoms with Gasteiger partial charge in [0, 0.05) is 46.8 Å². The summed E-state index contributed by atoms with van der Waals surface area (Å²) in [6, 6.07) is 31.0. The monoisotopic (exact) mass is 1020 g/mol. The summed E-state index contributed by atoms with van der Waals surface area (Å²) in [6.07, 6.45) is 2.89. The van der Waals surface area contributed by atoms with Crippen LogP contribution in [0.3, 0.4) is 0 Å². The van der Waals surface area contributed by atoms with Gasteiger partial charge in [0.2, 0.25) is 0 Å². The lowest BCUT2D eigenvalue weighted by Crippen LogP contribution is -2.27. The number of hydrogen-bond donors (Lipinski definition) is 3. The average Bonchev–Trinajstić information content (AvgIpc) is 3.26. The molecule has 0 bridgehead atoms. The minimum absolute atomic E-state index is 0.139. The van der Waals surface area contributed by atoms with Crippen molar-refractivity contribution in [3.05, 3.63) is 174 Å². The number of nitrogens with one attached hydrogen (secondary N) is 2. The van der Waals surface area contributed by atoms with Gasteiger partial charge < -0.3 is 18.8 Å². The van der Waals surface area contributed by atoms with Crippen LogP contribution >= 0.6 is 0 Å². The largest absolute Gasteiger partial charge is 0.508 e. The third kappa shape index (κ3) is 13.0. The highest BCUT2D eigenvalue weighted by Gasteiger charge is 2.26. The summed E-state index contributed by atoms with van der Waals surface area (Å²) in [4.78, 5) is 52.6. The molecule has 6 aromatic carbocycles. The number of benzene rings is 6. The second-order valence-corrected chi connectivity index (χ2v) is 19.6. The van der Waals surface area contributed by atoms with Crippen molar-refractivity contribution < 1.29 is 47.3 Å². The van der Waals surface area contributed by atoms with E-state index in [1.807, 2.05) is 69.3 Å². The number of hydrogen-bond acceptors (Lipinski definition) is 12. The Morgan fingerprint density at radius 3 is 1.28 bits per heavy atom. The Balaban J connectivity index is 0.000000213. The molecule has 3 N–H and O–H groups in total. The van der Waals surface area contributed by atoms with Gasteiger partial charge in [0.05, 0.1) is 25.6 Å². The molecule has 0 radical (unpaired) electrons. The average molecular weight is 1020 g/mol. The summed E-state index contributed by atoms with van der Waals surface area (Å²) in [7, 11) is -7.59. The number of aromatic hydroxyl groups is 1. The van der Waals surface area contributed by atoms with Gasteiger partial charge in [0.15, 0.2) is 0 Å². The Hall–Kier alpha value is -7.91. The van der Waals surface area contributed by atoms with Gasteiger partial charge in [-0.1, -0.05) is 89.6 Å². The molecule has 0 spiro atoms. The minimum atomic E-state index is -5.67. The van der Waals surface area contributed by atoms with Crippen molar-refractivity contribution in [3.8, 4) is 56.6 Å². The molecule has 0 saturated carbocycles. The minimum Gasteiger partial charge on any atom is -0.508 e. The van der Waals surface area contributed by atoms with E-state index in [0.717, 1.165) is 49.7 Å². The number of phenolic OH excluding ortho intramolecular Hbond substituents is 1. The summed E-state index contributed by atoms with van der Waals surface area (Å²) in [5.74, 6) is 1.43. The normalized spacial score (nSPS) is 11.8. The zero-order valence-electron chi connectivity index (χ0n) is 39.3. The van der Waals surface area contributed by atoms with Gasteiger partial charge in [-0.3, -0.25) is 28.7 Å². The van der Waals surface area contributed by atoms with E-state index in [1.165, 1.54) is 45.8 Å². The van der Waals surface area contributed by atoms with Crippen LogP contribution in [-0.4, -0.2) is 55.3 Å². The molecule has 372 valence electrons. The predicted octanol–water partition coefficient (Wildman–Crippen LogP) is 8.77. The molecular formula is C50H47F3N4O12S2. The summed E-state index contributed by atoms with van der Waals surface area (Å²) < 4.78 is 89.8. The SMILES string of the molecule is COc1c(-c2ccc3cc(O)ccc3c2)cc(-n2ccc(=O)[nH]c2=O)cc1C(C)(C)C.COc1c(-c2ccc3cc(OS(=O)(=O)F)ccc3c2)cc(-n2ccc(=O)[nH]c2=O)cc1C(C)(C)C.O=S(=O)(F)F. The van der Waals surface area contributed by atoms with E-state index in [4.69, 9.17) is 17.9 Å². The standard InChI is InChI=1S/C25H23FN2O6S.C25H24N2O4.F2O2S/c1-25(2,3)21-14-18(28-10-9-22(29)27-24(28)30)13-20(23(21)33-4)17-6-5-16-12-19(34-35(26,31)32)8-7-15(16)11-17;1-25(2,3)21-14-18(27-10-9-22(29)26-24(27)30)13-20(23(21)31-4)17-6-5-16-12-19(28)8-7-15(16)11-17;1-5(2,3)4/h5-14H,1-4H3,(H,27,29,30);5-14,28H,1-4H3,(H,26,29,30);. The van der Waals surface area contributed by atoms with Crippen LogP contribution in [0.5, 0.6) is 23.0 Å². The van der Waals surface area contributed by atoms with E-state index in [1.54, 1.807) is 50.6 Å². The molecule has 21 heteroatoms. The van der Waals surface area contributed by atoms with Crippen molar-refractivity contribution in [1.29, 1.82) is 0 Å². The van der Waals surface area contributed by atoms with Crippen LogP contribution in [0.15, 0.2) is 141 Å². The highest BCUT2D eigenvalue weighted by atomic mass is 32.3. The summed E-state index contributed by atoms with van der Waals surface area (Å²) in [6.45, 7) is 12.3. The lowest BCUT2D eigenvalue weighted by atomic mass is 9.83. The van der Waals surface area contributed by atoms with Gasteiger partial charge in [-0.2, -0.15) is 16.8 Å². The van der Waals surface area contributed by atoms with Gasteiger partial charge in [0.25, 0.3) is 11.1 Å². The first-order chi connectivity index (χ1) is 33.0. The molecule has 0 aliphatic carbocycles. The van der Waals surface area contributed by atoms with Crippen molar-refractivity contribution in [3.63, 3.8) is 0 Å². The first kappa shape index (κ1) is 52.5. The van der Waals surface area contributed by atoms with Crippen LogP contribution in [0, 0.1) is 0 Å². The van der Waals surface area contributed by atoms with E-state index >= 15 is 0 Å². The summed E-state index contributed by atoms with van der Waals surface area (Å²) in [5, 5.41) is 13.0. The number of nitrogens with zero attached hydrogens (tertiary/aromatic N) is 2. The molecule has 0 fully saturated rings. The lowest BCUT2D eigenvalue weighted by Gasteiger charge is -2.25. The molecule has 16 nitrogen and oxygen atoms in total. The van der Waals surface area contributed by atoms with E-state index in [9.17, 15) is 44.4 Å². The van der Waals surface area contributed by atoms with Gasteiger partial charge in [-0.05, 0) is 104 Å². The van der Waals surface area contributed by atoms with Crippen molar-refractivity contribution in [2.45, 2.75) is 52.4 Å². The summed E-state index contributed by atoms with van der Waals surface area (Å²) in [5.41, 5.74) is 3.59. The van der Waals surface area contributed by atoms with E-state index in [2.05, 4.69) is 34.9 Å². The van der Waals surface area contributed by atoms with E-state index in [-0.39, 0.29) is 22.3 Å². The quantitative estimate of drug-likeness (QED) is 0.121. The molecule has 0 unspecified atom stereocenters. The molecule has 0 saturated heterocycles. The molecule has 0 aliphatic rings. The maximum absolute atomic E-state index is 12.9. The first-order valence-electron chi connectivity index (χ1n) is 21.2. The zero-order chi connectivity index (χ0) is 52.4. The number of methoxy groups -OCH3 is 2. The van der Waals surface area contributed by atoms with Crippen molar-refractivity contribution in [2.24, 2.45) is 0 Å². The van der Waals surface area contributed by atoms with Gasteiger partial charge in [-0.25, -0.2) is 9.59 Å². The molecule has 0 atom stereocenters. The number of rotatable bonds is 8. The molecule has 2 heterocycles. The van der Waals surface area contributed by atoms with Crippen LogP contribution < -0.4 is 36.2 Å². The fourth-order valence-corrected chi connectivity index (χ4v) is 8.02. The summed E-state index contributed by atoms with van der Waals surface area (Å²) >= 11 is 0. The number of fused-ring (bicyclic) bond motifs is 2. The maximum atomic E-state index is 12.9. The fourth-order valence-electron chi connectivity index (χ4n) is 7.69. The Bertz CT molecular complexity index is 3810. The molecular weight excluding hydrogens is 970 g/mol. The van der Waals surface area contributed by atoms with Crippen LogP contribution in [0.25, 0.3) is 55.2 Å². The van der Waals surface area contributed by atoms with Crippen LogP contribution in [0.4, 0.5) is 11.7 Å². The third-order valence-electron chi connectivity index (χ3n) is 10.8. The Morgan fingerprint density at radius 1 is 0.521 bits per heavy atom. The topological polar surface area (TPSA) is 226 Å².